The molecule has 7 aromatic carbocycles. The lowest BCUT2D eigenvalue weighted by molar-refractivity contribution is 0.620. The van der Waals surface area contributed by atoms with E-state index in [4.69, 9.17) is 4.42 Å². The highest BCUT2D eigenvalue weighted by Crippen LogP contribution is 2.38. The average molecular weight is 591 g/mol. The van der Waals surface area contributed by atoms with Gasteiger partial charge in [-0.15, -0.1) is 0 Å². The molecule has 0 aliphatic rings. The molecule has 0 unspecified atom stereocenters. The summed E-state index contributed by atoms with van der Waals surface area (Å²) >= 11 is 0. The van der Waals surface area contributed by atoms with Crippen molar-refractivity contribution in [1.82, 2.24) is 4.98 Å². The van der Waals surface area contributed by atoms with Crippen LogP contribution in [0, 0.1) is 0 Å². The van der Waals surface area contributed by atoms with E-state index in [1.165, 1.54) is 22.3 Å². The number of rotatable bonds is 7. The van der Waals surface area contributed by atoms with Gasteiger partial charge >= 0.3 is 0 Å². The van der Waals surface area contributed by atoms with E-state index in [-0.39, 0.29) is 0 Å². The van der Waals surface area contributed by atoms with Gasteiger partial charge in [-0.05, 0) is 94.0 Å². The van der Waals surface area contributed by atoms with E-state index in [1.807, 2.05) is 24.3 Å². The first-order chi connectivity index (χ1) is 22.8. The minimum Gasteiger partial charge on any atom is -0.436 e. The summed E-state index contributed by atoms with van der Waals surface area (Å²) in [5, 5.41) is 0. The van der Waals surface area contributed by atoms with Crippen LogP contribution in [0.25, 0.3) is 55.9 Å². The second kappa shape index (κ2) is 12.1. The summed E-state index contributed by atoms with van der Waals surface area (Å²) in [6, 6.07) is 63.6. The Bertz CT molecular complexity index is 2090. The molecule has 3 nitrogen and oxygen atoms in total. The first-order valence-electron chi connectivity index (χ1n) is 15.5. The summed E-state index contributed by atoms with van der Waals surface area (Å²) in [7, 11) is 0. The van der Waals surface area contributed by atoms with Crippen molar-refractivity contribution in [3.8, 4) is 44.8 Å². The largest absolute Gasteiger partial charge is 0.436 e. The minimum absolute atomic E-state index is 0.635. The number of hydrogen-bond acceptors (Lipinski definition) is 3. The Labute approximate surface area is 268 Å². The molecule has 0 fully saturated rings. The van der Waals surface area contributed by atoms with E-state index >= 15 is 0 Å². The number of benzene rings is 7. The van der Waals surface area contributed by atoms with Crippen molar-refractivity contribution in [1.29, 1.82) is 0 Å². The number of para-hydroxylation sites is 2. The van der Waals surface area contributed by atoms with Gasteiger partial charge in [0.1, 0.15) is 5.52 Å². The molecule has 0 N–H and O–H groups in total. The van der Waals surface area contributed by atoms with E-state index in [2.05, 4.69) is 168 Å². The molecule has 0 radical (unpaired) electrons. The highest BCUT2D eigenvalue weighted by molar-refractivity contribution is 5.81. The van der Waals surface area contributed by atoms with Gasteiger partial charge in [0.15, 0.2) is 5.58 Å². The maximum Gasteiger partial charge on any atom is 0.227 e. The van der Waals surface area contributed by atoms with Gasteiger partial charge in [0, 0.05) is 22.6 Å². The van der Waals surface area contributed by atoms with E-state index in [0.717, 1.165) is 44.9 Å². The van der Waals surface area contributed by atoms with Gasteiger partial charge in [-0.25, -0.2) is 4.98 Å². The average Bonchev–Trinajstić information content (AvgIpc) is 3.58. The molecular weight excluding hydrogens is 560 g/mol. The minimum atomic E-state index is 0.635. The molecule has 0 saturated carbocycles. The summed E-state index contributed by atoms with van der Waals surface area (Å²) in [6.45, 7) is 0. The van der Waals surface area contributed by atoms with Gasteiger partial charge in [-0.2, -0.15) is 0 Å². The lowest BCUT2D eigenvalue weighted by Gasteiger charge is -2.26. The molecule has 46 heavy (non-hydrogen) atoms. The van der Waals surface area contributed by atoms with Crippen LogP contribution >= 0.6 is 0 Å². The first-order valence-corrected chi connectivity index (χ1v) is 15.5. The Morgan fingerprint density at radius 3 is 1.11 bits per heavy atom. The van der Waals surface area contributed by atoms with Gasteiger partial charge in [-0.1, -0.05) is 121 Å². The molecule has 0 atom stereocenters. The van der Waals surface area contributed by atoms with Crippen LogP contribution in [-0.4, -0.2) is 4.98 Å². The van der Waals surface area contributed by atoms with Crippen molar-refractivity contribution in [3.05, 3.63) is 182 Å². The molecule has 0 amide bonds. The van der Waals surface area contributed by atoms with Crippen LogP contribution < -0.4 is 4.90 Å². The highest BCUT2D eigenvalue weighted by atomic mass is 16.3. The Morgan fingerprint density at radius 1 is 0.326 bits per heavy atom. The highest BCUT2D eigenvalue weighted by Gasteiger charge is 2.14. The Kier molecular flexibility index (Phi) is 7.18. The molecule has 0 spiro atoms. The quantitative estimate of drug-likeness (QED) is 0.185. The third kappa shape index (κ3) is 5.47. The number of anilines is 3. The second-order valence-electron chi connectivity index (χ2n) is 11.3. The van der Waals surface area contributed by atoms with Gasteiger partial charge in [-0.3, -0.25) is 0 Å². The van der Waals surface area contributed by atoms with Crippen LogP contribution in [0.15, 0.2) is 186 Å². The summed E-state index contributed by atoms with van der Waals surface area (Å²) in [4.78, 5) is 6.96. The predicted molar refractivity (Wildman–Crippen MR) is 190 cm³/mol. The normalized spacial score (nSPS) is 11.0. The van der Waals surface area contributed by atoms with Crippen molar-refractivity contribution in [2.75, 3.05) is 4.90 Å². The SMILES string of the molecule is c1ccc(-c2ccc(N(c3ccc(-c4ccccc4)cc3)c3ccc(-c4ccc(-c5nc6ccccc6o5)cc4)cc3)cc2)cc1. The van der Waals surface area contributed by atoms with Crippen LogP contribution in [0.5, 0.6) is 0 Å². The van der Waals surface area contributed by atoms with E-state index in [9.17, 15) is 0 Å². The molecule has 0 bridgehead atoms. The molecule has 1 aromatic heterocycles. The first kappa shape index (κ1) is 27.4. The molecule has 218 valence electrons. The summed E-state index contributed by atoms with van der Waals surface area (Å²) in [5.41, 5.74) is 13.0. The molecule has 3 heteroatoms. The molecule has 0 aliphatic heterocycles. The van der Waals surface area contributed by atoms with Crippen LogP contribution in [-0.2, 0) is 0 Å². The molecule has 0 saturated heterocycles. The van der Waals surface area contributed by atoms with E-state index in [0.29, 0.717) is 5.89 Å². The third-order valence-corrected chi connectivity index (χ3v) is 8.35. The zero-order valence-electron chi connectivity index (χ0n) is 25.1. The third-order valence-electron chi connectivity index (χ3n) is 8.35. The summed E-state index contributed by atoms with van der Waals surface area (Å²) in [5.74, 6) is 0.635. The Morgan fingerprint density at radius 2 is 0.674 bits per heavy atom. The Balaban J connectivity index is 1.11. The zero-order valence-corrected chi connectivity index (χ0v) is 25.1. The predicted octanol–water partition coefficient (Wildman–Crippen LogP) is 12.0. The number of oxazole rings is 1. The number of nitrogens with zero attached hydrogens (tertiary/aromatic N) is 2. The molecule has 8 aromatic rings. The van der Waals surface area contributed by atoms with Gasteiger partial charge in [0.25, 0.3) is 0 Å². The van der Waals surface area contributed by atoms with Crippen LogP contribution in [0.2, 0.25) is 0 Å². The maximum atomic E-state index is 5.97. The van der Waals surface area contributed by atoms with Crippen molar-refractivity contribution < 1.29 is 4.42 Å². The molecule has 0 aliphatic carbocycles. The van der Waals surface area contributed by atoms with Gasteiger partial charge in [0.2, 0.25) is 5.89 Å². The lowest BCUT2D eigenvalue weighted by Crippen LogP contribution is -2.09. The summed E-state index contributed by atoms with van der Waals surface area (Å²) in [6.07, 6.45) is 0. The fraction of sp³-hybridized carbons (Fsp3) is 0. The van der Waals surface area contributed by atoms with Gasteiger partial charge in [0.05, 0.1) is 0 Å². The van der Waals surface area contributed by atoms with E-state index in [1.54, 1.807) is 0 Å². The monoisotopic (exact) mass is 590 g/mol. The fourth-order valence-corrected chi connectivity index (χ4v) is 5.92. The number of fused-ring (bicyclic) bond motifs is 1. The van der Waals surface area contributed by atoms with Crippen molar-refractivity contribution in [2.45, 2.75) is 0 Å². The molecular formula is C43H30N2O. The number of aromatic nitrogens is 1. The van der Waals surface area contributed by atoms with Crippen LogP contribution in [0.4, 0.5) is 17.1 Å². The Hall–Kier alpha value is -6.19. The van der Waals surface area contributed by atoms with Crippen LogP contribution in [0.1, 0.15) is 0 Å². The topological polar surface area (TPSA) is 29.3 Å². The molecule has 1 heterocycles. The standard InChI is InChI=1S/C43H30N2O/c1-3-9-31(10-4-1)34-19-25-38(26-20-34)45(39-27-21-35(22-28-39)32-11-5-2-6-12-32)40-29-23-36(24-30-40)33-15-17-37(18-16-33)43-44-41-13-7-8-14-42(41)46-43/h1-30H. The van der Waals surface area contributed by atoms with E-state index < -0.39 is 0 Å². The van der Waals surface area contributed by atoms with Crippen molar-refractivity contribution >= 4 is 28.2 Å². The maximum absolute atomic E-state index is 5.97. The van der Waals surface area contributed by atoms with Crippen LogP contribution in [0.3, 0.4) is 0 Å². The number of hydrogen-bond donors (Lipinski definition) is 0. The van der Waals surface area contributed by atoms with Crippen molar-refractivity contribution in [3.63, 3.8) is 0 Å². The summed E-state index contributed by atoms with van der Waals surface area (Å²) < 4.78 is 5.97. The van der Waals surface area contributed by atoms with Gasteiger partial charge < -0.3 is 9.32 Å². The van der Waals surface area contributed by atoms with Crippen molar-refractivity contribution in [2.24, 2.45) is 0 Å². The zero-order chi connectivity index (χ0) is 30.7. The smallest absolute Gasteiger partial charge is 0.227 e. The second-order valence-corrected chi connectivity index (χ2v) is 11.3. The fourth-order valence-electron chi connectivity index (χ4n) is 5.92. The lowest BCUT2D eigenvalue weighted by atomic mass is 10.0. The molecule has 8 rings (SSSR count).